The van der Waals surface area contributed by atoms with Gasteiger partial charge >= 0.3 is 6.09 Å². The maximum atomic E-state index is 12.8. The van der Waals surface area contributed by atoms with E-state index in [2.05, 4.69) is 35.2 Å². The molecule has 2 atom stereocenters. The molecule has 3 aliphatic heterocycles. The number of fused-ring (bicyclic) bond motifs is 4. The summed E-state index contributed by atoms with van der Waals surface area (Å²) in [5, 5.41) is 11.2. The van der Waals surface area contributed by atoms with Crippen molar-refractivity contribution < 1.29 is 9.90 Å². The molecule has 1 unspecified atom stereocenters. The van der Waals surface area contributed by atoms with E-state index in [1.54, 1.807) is 0 Å². The molecule has 1 N–H and O–H groups in total. The van der Waals surface area contributed by atoms with E-state index in [1.807, 2.05) is 17.0 Å². The molecule has 7 rings (SSSR count). The maximum Gasteiger partial charge on any atom is 0.408 e. The monoisotopic (exact) mass is 436 g/mol. The molecule has 5 aliphatic rings. The summed E-state index contributed by atoms with van der Waals surface area (Å²) in [4.78, 5) is 17.2. The average molecular weight is 437 g/mol. The van der Waals surface area contributed by atoms with Crippen LogP contribution in [0.3, 0.4) is 0 Å². The van der Waals surface area contributed by atoms with Crippen LogP contribution < -0.4 is 0 Å². The topological polar surface area (TPSA) is 43.8 Å². The van der Waals surface area contributed by atoms with Gasteiger partial charge in [-0.25, -0.2) is 4.79 Å². The lowest BCUT2D eigenvalue weighted by atomic mass is 9.73. The van der Waals surface area contributed by atoms with Crippen LogP contribution in [0.25, 0.3) is 11.1 Å². The predicted octanol–water partition coefficient (Wildman–Crippen LogP) is 5.85. The van der Waals surface area contributed by atoms with E-state index in [9.17, 15) is 9.90 Å². The first kappa shape index (κ1) is 19.6. The fraction of sp³-hybridized carbons (Fsp3) is 0.500. The first-order valence-electron chi connectivity index (χ1n) is 11.7. The molecular weight excluding hydrogens is 408 g/mol. The molecule has 1 saturated carbocycles. The third kappa shape index (κ3) is 3.27. The smallest absolute Gasteiger partial charge is 0.408 e. The third-order valence-electron chi connectivity index (χ3n) is 8.46. The van der Waals surface area contributed by atoms with E-state index in [0.29, 0.717) is 5.92 Å². The van der Waals surface area contributed by atoms with Crippen LogP contribution in [0.15, 0.2) is 42.5 Å². The number of rotatable bonds is 3. The Kier molecular flexibility index (Phi) is 4.59. The van der Waals surface area contributed by atoms with Crippen LogP contribution in [0.4, 0.5) is 4.79 Å². The van der Waals surface area contributed by atoms with Crippen molar-refractivity contribution in [3.63, 3.8) is 0 Å². The van der Waals surface area contributed by atoms with E-state index in [4.69, 9.17) is 11.6 Å². The molecule has 31 heavy (non-hydrogen) atoms. The molecule has 0 aromatic heterocycles. The molecule has 3 saturated heterocycles. The molecular formula is C26H29ClN2O2. The zero-order valence-electron chi connectivity index (χ0n) is 17.8. The molecule has 2 bridgehead atoms. The normalized spacial score (nSPS) is 30.1. The first-order chi connectivity index (χ1) is 15.0. The molecule has 2 aromatic rings. The Labute approximate surface area is 188 Å². The van der Waals surface area contributed by atoms with Gasteiger partial charge in [0, 0.05) is 11.6 Å². The second-order valence-corrected chi connectivity index (χ2v) is 10.5. The highest BCUT2D eigenvalue weighted by Gasteiger charge is 2.57. The number of halogens is 1. The van der Waals surface area contributed by atoms with Gasteiger partial charge < -0.3 is 10.0 Å². The summed E-state index contributed by atoms with van der Waals surface area (Å²) in [6.45, 7) is 3.15. The van der Waals surface area contributed by atoms with E-state index >= 15 is 0 Å². The van der Waals surface area contributed by atoms with Crippen LogP contribution in [0.2, 0.25) is 5.02 Å². The van der Waals surface area contributed by atoms with Crippen molar-refractivity contribution in [3.05, 3.63) is 58.6 Å². The van der Waals surface area contributed by atoms with Crippen molar-refractivity contribution in [2.24, 2.45) is 11.3 Å². The van der Waals surface area contributed by atoms with Crippen molar-refractivity contribution >= 4 is 17.7 Å². The van der Waals surface area contributed by atoms with Gasteiger partial charge in [0.15, 0.2) is 0 Å². The molecule has 162 valence electrons. The van der Waals surface area contributed by atoms with Gasteiger partial charge in [-0.2, -0.15) is 0 Å². The van der Waals surface area contributed by atoms with Crippen molar-refractivity contribution in [1.29, 1.82) is 0 Å². The lowest BCUT2D eigenvalue weighted by Crippen LogP contribution is -2.60. The number of hydrogen-bond donors (Lipinski definition) is 1. The van der Waals surface area contributed by atoms with Crippen LogP contribution in [0.1, 0.15) is 49.3 Å². The Bertz CT molecular complexity index is 1010. The Balaban J connectivity index is 1.44. The minimum atomic E-state index is -0.736. The van der Waals surface area contributed by atoms with Gasteiger partial charge in [-0.05, 0) is 103 Å². The summed E-state index contributed by atoms with van der Waals surface area (Å²) in [5.41, 5.74) is 4.99. The number of nitrogens with zero attached hydrogens (tertiary/aromatic N) is 2. The van der Waals surface area contributed by atoms with Crippen LogP contribution in [0.5, 0.6) is 0 Å². The summed E-state index contributed by atoms with van der Waals surface area (Å²) in [6.07, 6.45) is 5.98. The zero-order chi connectivity index (χ0) is 21.2. The van der Waals surface area contributed by atoms with Crippen molar-refractivity contribution in [2.75, 3.05) is 19.6 Å². The maximum absolute atomic E-state index is 12.8. The number of carboxylic acid groups (broad SMARTS) is 1. The summed E-state index contributed by atoms with van der Waals surface area (Å²) in [6, 6.07) is 14.7. The molecule has 2 aromatic carbocycles. The van der Waals surface area contributed by atoms with Crippen molar-refractivity contribution in [3.8, 4) is 11.1 Å². The second-order valence-electron chi connectivity index (χ2n) is 10.1. The number of benzene rings is 2. The first-order valence-corrected chi connectivity index (χ1v) is 12.0. The second kappa shape index (κ2) is 7.25. The molecule has 0 radical (unpaired) electrons. The Morgan fingerprint density at radius 3 is 2.35 bits per heavy atom. The summed E-state index contributed by atoms with van der Waals surface area (Å²) < 4.78 is 0. The van der Waals surface area contributed by atoms with Gasteiger partial charge in [-0.15, -0.1) is 0 Å². The van der Waals surface area contributed by atoms with E-state index in [1.165, 1.54) is 11.1 Å². The van der Waals surface area contributed by atoms with E-state index < -0.39 is 6.09 Å². The summed E-state index contributed by atoms with van der Waals surface area (Å²) in [7, 11) is 0. The van der Waals surface area contributed by atoms with Gasteiger partial charge in [-0.1, -0.05) is 35.9 Å². The number of carbonyl (C=O) groups is 1. The van der Waals surface area contributed by atoms with Gasteiger partial charge in [0.25, 0.3) is 0 Å². The number of aryl methyl sites for hydroxylation is 1. The largest absolute Gasteiger partial charge is 0.465 e. The van der Waals surface area contributed by atoms with Crippen LogP contribution in [-0.2, 0) is 6.42 Å². The molecule has 2 aliphatic carbocycles. The van der Waals surface area contributed by atoms with Crippen LogP contribution in [-0.4, -0.2) is 46.7 Å². The molecule has 1 amide bonds. The highest BCUT2D eigenvalue weighted by Crippen LogP contribution is 2.64. The number of piperidine rings is 3. The highest BCUT2D eigenvalue weighted by molar-refractivity contribution is 6.30. The molecule has 5 heteroatoms. The molecule has 1 spiro atoms. The number of amides is 1. The summed E-state index contributed by atoms with van der Waals surface area (Å²) >= 11 is 6.10. The zero-order valence-corrected chi connectivity index (χ0v) is 18.5. The van der Waals surface area contributed by atoms with Gasteiger partial charge in [0.2, 0.25) is 0 Å². The molecule has 4 fully saturated rings. The van der Waals surface area contributed by atoms with Crippen molar-refractivity contribution in [2.45, 2.75) is 50.6 Å². The van der Waals surface area contributed by atoms with E-state index in [-0.39, 0.29) is 17.5 Å². The lowest BCUT2D eigenvalue weighted by molar-refractivity contribution is -0.0243. The summed E-state index contributed by atoms with van der Waals surface area (Å²) in [5.74, 6) is 0.502. The lowest BCUT2D eigenvalue weighted by Gasteiger charge is -2.52. The fourth-order valence-electron chi connectivity index (χ4n) is 6.57. The molecule has 3 heterocycles. The van der Waals surface area contributed by atoms with E-state index in [0.717, 1.165) is 74.3 Å². The third-order valence-corrected chi connectivity index (χ3v) is 8.71. The SMILES string of the molecule is O=C(O)N(C1c2cc(-c3ccc(Cl)cc3)ccc2CCC12CC2)[C@@H]1CN2CCC1CC2. The predicted molar refractivity (Wildman–Crippen MR) is 122 cm³/mol. The quantitative estimate of drug-likeness (QED) is 0.656. The van der Waals surface area contributed by atoms with Gasteiger partial charge in [0.1, 0.15) is 0 Å². The standard InChI is InChI=1S/C26H29ClN2O2/c27-21-5-3-17(4-6-21)20-2-1-18-7-10-26(11-12-26)24(22(18)15-20)29(25(30)31)23-16-28-13-8-19(23)9-14-28/h1-6,15,19,23-24H,7-14,16H2,(H,30,31)/t23-,24?/m1/s1. The Morgan fingerprint density at radius 1 is 1.03 bits per heavy atom. The minimum absolute atomic E-state index is 0.0217. The van der Waals surface area contributed by atoms with Crippen molar-refractivity contribution in [1.82, 2.24) is 9.80 Å². The fourth-order valence-corrected chi connectivity index (χ4v) is 6.70. The molecule has 4 nitrogen and oxygen atoms in total. The Hall–Kier alpha value is -2.04. The van der Waals surface area contributed by atoms with Crippen LogP contribution >= 0.6 is 11.6 Å². The highest BCUT2D eigenvalue weighted by atomic mass is 35.5. The minimum Gasteiger partial charge on any atom is -0.465 e. The average Bonchev–Trinajstić information content (AvgIpc) is 3.56. The van der Waals surface area contributed by atoms with Gasteiger partial charge in [0.05, 0.1) is 12.1 Å². The van der Waals surface area contributed by atoms with Crippen LogP contribution in [0, 0.1) is 11.3 Å². The Morgan fingerprint density at radius 2 is 1.74 bits per heavy atom. The number of hydrogen-bond acceptors (Lipinski definition) is 2. The van der Waals surface area contributed by atoms with Gasteiger partial charge in [-0.3, -0.25) is 4.90 Å².